The van der Waals surface area contributed by atoms with Crippen LogP contribution in [0.2, 0.25) is 0 Å². The van der Waals surface area contributed by atoms with Crippen molar-refractivity contribution >= 4 is 31.5 Å². The zero-order valence-electron chi connectivity index (χ0n) is 27.2. The minimum atomic E-state index is 0.602. The molecule has 51 heavy (non-hydrogen) atoms. The van der Waals surface area contributed by atoms with Crippen molar-refractivity contribution in [3.8, 4) is 73.6 Å². The number of benzene rings is 6. The molecule has 5 nitrogen and oxygen atoms in total. The van der Waals surface area contributed by atoms with Crippen LogP contribution < -0.4 is 0 Å². The lowest BCUT2D eigenvalue weighted by molar-refractivity contribution is 1.07. The summed E-state index contributed by atoms with van der Waals surface area (Å²) in [6, 6.07) is 54.1. The molecule has 3 aromatic heterocycles. The molecule has 0 atom stereocenters. The number of nitriles is 1. The summed E-state index contributed by atoms with van der Waals surface area (Å²) in [5.74, 6) is 1.84. The lowest BCUT2D eigenvalue weighted by Gasteiger charge is -2.13. The second-order valence-electron chi connectivity index (χ2n) is 12.3. The van der Waals surface area contributed by atoms with E-state index in [0.717, 1.165) is 60.2 Å². The van der Waals surface area contributed by atoms with Gasteiger partial charge in [0.1, 0.15) is 0 Å². The number of hydrogen-bond donors (Lipinski definition) is 0. The average Bonchev–Trinajstić information content (AvgIpc) is 3.58. The van der Waals surface area contributed by atoms with Crippen LogP contribution in [0, 0.1) is 11.3 Å². The topological polar surface area (TPSA) is 75.3 Å². The number of thiophene rings is 1. The fourth-order valence-electron chi connectivity index (χ4n) is 6.44. The van der Waals surface area contributed by atoms with Crippen molar-refractivity contribution in [2.45, 2.75) is 0 Å². The Morgan fingerprint density at radius 3 is 1.53 bits per heavy atom. The minimum absolute atomic E-state index is 0.602. The maximum atomic E-state index is 9.48. The number of nitrogens with zero attached hydrogens (tertiary/aromatic N) is 5. The zero-order chi connectivity index (χ0) is 34.1. The lowest BCUT2D eigenvalue weighted by atomic mass is 9.94. The van der Waals surface area contributed by atoms with Crippen molar-refractivity contribution in [2.75, 3.05) is 0 Å². The van der Waals surface area contributed by atoms with Crippen LogP contribution in [0.5, 0.6) is 0 Å². The van der Waals surface area contributed by atoms with Gasteiger partial charge in [-0.05, 0) is 75.8 Å². The van der Waals surface area contributed by atoms with Crippen molar-refractivity contribution in [3.05, 3.63) is 170 Å². The normalized spacial score (nSPS) is 11.1. The molecule has 0 aliphatic rings. The van der Waals surface area contributed by atoms with Gasteiger partial charge in [-0.15, -0.1) is 11.3 Å². The summed E-state index contributed by atoms with van der Waals surface area (Å²) in [6.45, 7) is 0. The Hall–Kier alpha value is -6.81. The van der Waals surface area contributed by atoms with Gasteiger partial charge in [0.05, 0.1) is 11.6 Å². The maximum absolute atomic E-state index is 9.48. The molecule has 0 saturated carbocycles. The van der Waals surface area contributed by atoms with Crippen LogP contribution in [0.4, 0.5) is 0 Å². The molecule has 238 valence electrons. The van der Waals surface area contributed by atoms with Crippen molar-refractivity contribution in [1.82, 2.24) is 19.9 Å². The van der Waals surface area contributed by atoms with Crippen molar-refractivity contribution in [3.63, 3.8) is 0 Å². The summed E-state index contributed by atoms with van der Waals surface area (Å²) in [7, 11) is 0. The van der Waals surface area contributed by atoms with Gasteiger partial charge in [-0.1, -0.05) is 109 Å². The van der Waals surface area contributed by atoms with E-state index in [1.54, 1.807) is 17.5 Å². The smallest absolute Gasteiger partial charge is 0.164 e. The van der Waals surface area contributed by atoms with Crippen LogP contribution in [-0.2, 0) is 0 Å². The van der Waals surface area contributed by atoms with E-state index in [2.05, 4.69) is 83.8 Å². The predicted octanol–water partition coefficient (Wildman–Crippen LogP) is 11.5. The third-order valence-corrected chi connectivity index (χ3v) is 10.2. The van der Waals surface area contributed by atoms with Gasteiger partial charge in [0, 0.05) is 49.3 Å². The monoisotopic (exact) mass is 669 g/mol. The summed E-state index contributed by atoms with van der Waals surface area (Å²) in [5.41, 5.74) is 9.88. The molecule has 0 bridgehead atoms. The Kier molecular flexibility index (Phi) is 7.66. The Bertz CT molecular complexity index is 2680. The van der Waals surface area contributed by atoms with E-state index in [0.29, 0.717) is 23.0 Å². The standard InChI is InChI=1S/C45H27N5S/c46-27-29-13-19-39-40-20-18-34(26-42(40)51-41(39)22-29)37-23-36(31-16-14-30(15-17-31)35-12-7-21-47-28-35)24-38(25-37)45-49-43(32-8-3-1-4-9-32)48-44(50-45)33-10-5-2-6-11-33/h1-26,28H. The van der Waals surface area contributed by atoms with E-state index < -0.39 is 0 Å². The molecule has 0 fully saturated rings. The van der Waals surface area contributed by atoms with Gasteiger partial charge in [-0.2, -0.15) is 5.26 Å². The molecule has 0 saturated heterocycles. The van der Waals surface area contributed by atoms with Crippen LogP contribution in [-0.4, -0.2) is 19.9 Å². The van der Waals surface area contributed by atoms with Crippen LogP contribution in [0.25, 0.3) is 87.7 Å². The highest BCUT2D eigenvalue weighted by Gasteiger charge is 2.16. The number of pyridine rings is 1. The molecule has 3 heterocycles. The lowest BCUT2D eigenvalue weighted by Crippen LogP contribution is -2.00. The third-order valence-electron chi connectivity index (χ3n) is 9.04. The van der Waals surface area contributed by atoms with E-state index in [1.807, 2.05) is 85.1 Å². The fourth-order valence-corrected chi connectivity index (χ4v) is 7.63. The summed E-state index contributed by atoms with van der Waals surface area (Å²) >= 11 is 1.71. The summed E-state index contributed by atoms with van der Waals surface area (Å²) in [5, 5.41) is 11.8. The first-order chi connectivity index (χ1) is 25.2. The molecule has 0 radical (unpaired) electrons. The van der Waals surface area contributed by atoms with Crippen molar-refractivity contribution in [1.29, 1.82) is 5.26 Å². The van der Waals surface area contributed by atoms with Gasteiger partial charge in [0.15, 0.2) is 17.5 Å². The molecule has 0 N–H and O–H groups in total. The minimum Gasteiger partial charge on any atom is -0.264 e. The largest absolute Gasteiger partial charge is 0.264 e. The van der Waals surface area contributed by atoms with E-state index >= 15 is 0 Å². The van der Waals surface area contributed by atoms with E-state index in [4.69, 9.17) is 15.0 Å². The fraction of sp³-hybridized carbons (Fsp3) is 0. The zero-order valence-corrected chi connectivity index (χ0v) is 28.0. The van der Waals surface area contributed by atoms with Gasteiger partial charge in [0.2, 0.25) is 0 Å². The van der Waals surface area contributed by atoms with Crippen LogP contribution >= 0.6 is 11.3 Å². The molecule has 9 rings (SSSR count). The molecule has 9 aromatic rings. The first-order valence-electron chi connectivity index (χ1n) is 16.6. The van der Waals surface area contributed by atoms with Crippen LogP contribution in [0.1, 0.15) is 5.56 Å². The van der Waals surface area contributed by atoms with E-state index in [-0.39, 0.29) is 0 Å². The number of fused-ring (bicyclic) bond motifs is 3. The van der Waals surface area contributed by atoms with Gasteiger partial charge in [-0.25, -0.2) is 15.0 Å². The Balaban J connectivity index is 1.23. The molecule has 0 spiro atoms. The van der Waals surface area contributed by atoms with E-state index in [1.165, 1.54) is 10.1 Å². The van der Waals surface area contributed by atoms with Gasteiger partial charge in [-0.3, -0.25) is 4.98 Å². The quantitative estimate of drug-likeness (QED) is 0.176. The van der Waals surface area contributed by atoms with Crippen molar-refractivity contribution in [2.24, 2.45) is 0 Å². The Labute approximate surface area is 298 Å². The predicted molar refractivity (Wildman–Crippen MR) is 208 cm³/mol. The Morgan fingerprint density at radius 2 is 0.922 bits per heavy atom. The second kappa shape index (κ2) is 12.9. The number of hydrogen-bond acceptors (Lipinski definition) is 6. The maximum Gasteiger partial charge on any atom is 0.164 e. The molecule has 0 aliphatic carbocycles. The SMILES string of the molecule is N#Cc1ccc2c(c1)sc1cc(-c3cc(-c4ccc(-c5cccnc5)cc4)cc(-c4nc(-c5ccccc5)nc(-c5ccccc5)n4)c3)ccc12. The molecule has 0 aliphatic heterocycles. The average molecular weight is 670 g/mol. The molecular weight excluding hydrogens is 643 g/mol. The molecule has 6 heteroatoms. The highest BCUT2D eigenvalue weighted by Crippen LogP contribution is 2.39. The first-order valence-corrected chi connectivity index (χ1v) is 17.4. The first kappa shape index (κ1) is 30.3. The van der Waals surface area contributed by atoms with E-state index in [9.17, 15) is 5.26 Å². The number of aromatic nitrogens is 4. The van der Waals surface area contributed by atoms with Gasteiger partial charge >= 0.3 is 0 Å². The highest BCUT2D eigenvalue weighted by atomic mass is 32.1. The van der Waals surface area contributed by atoms with Gasteiger partial charge < -0.3 is 0 Å². The molecular formula is C45H27N5S. The molecule has 0 amide bonds. The Morgan fingerprint density at radius 1 is 0.412 bits per heavy atom. The summed E-state index contributed by atoms with van der Waals surface area (Å²) in [6.07, 6.45) is 3.67. The third kappa shape index (κ3) is 5.93. The van der Waals surface area contributed by atoms with Crippen molar-refractivity contribution < 1.29 is 0 Å². The highest BCUT2D eigenvalue weighted by molar-refractivity contribution is 7.25. The molecule has 0 unspecified atom stereocenters. The molecule has 6 aromatic carbocycles. The number of rotatable bonds is 6. The van der Waals surface area contributed by atoms with Gasteiger partial charge in [0.25, 0.3) is 0 Å². The summed E-state index contributed by atoms with van der Waals surface area (Å²) in [4.78, 5) is 19.4. The second-order valence-corrected chi connectivity index (χ2v) is 13.4. The summed E-state index contributed by atoms with van der Waals surface area (Å²) < 4.78 is 2.28. The van der Waals surface area contributed by atoms with Crippen LogP contribution in [0.15, 0.2) is 164 Å². The van der Waals surface area contributed by atoms with Crippen LogP contribution in [0.3, 0.4) is 0 Å².